The first kappa shape index (κ1) is 20.4. The van der Waals surface area contributed by atoms with Crippen molar-refractivity contribution in [3.8, 4) is 11.5 Å². The molecular formula is C22H26N4O3. The van der Waals surface area contributed by atoms with Gasteiger partial charge in [-0.05, 0) is 11.6 Å². The first-order valence-electron chi connectivity index (χ1n) is 9.38. The number of imidazole rings is 1. The Morgan fingerprint density at radius 2 is 1.93 bits per heavy atom. The van der Waals surface area contributed by atoms with E-state index in [0.29, 0.717) is 24.5 Å². The zero-order valence-electron chi connectivity index (χ0n) is 16.7. The summed E-state index contributed by atoms with van der Waals surface area (Å²) in [5.74, 6) is 0.975. The van der Waals surface area contributed by atoms with Crippen LogP contribution in [0.1, 0.15) is 16.8 Å². The van der Waals surface area contributed by atoms with Gasteiger partial charge in [0.1, 0.15) is 0 Å². The number of benzene rings is 2. The molecule has 0 saturated heterocycles. The number of hydrogen-bond acceptors (Lipinski definition) is 5. The number of para-hydroxylation sites is 1. The molecule has 0 radical (unpaired) electrons. The van der Waals surface area contributed by atoms with Crippen LogP contribution in [0.4, 0.5) is 0 Å². The summed E-state index contributed by atoms with van der Waals surface area (Å²) in [6.07, 6.45) is 4.04. The summed E-state index contributed by atoms with van der Waals surface area (Å²) in [6, 6.07) is 15.0. The number of ether oxygens (including phenoxy) is 2. The lowest BCUT2D eigenvalue weighted by Crippen LogP contribution is -2.41. The van der Waals surface area contributed by atoms with Crippen molar-refractivity contribution in [2.24, 2.45) is 5.73 Å². The summed E-state index contributed by atoms with van der Waals surface area (Å²) in [6.45, 7) is 1.03. The Bertz CT molecular complexity index is 940. The number of nitrogens with two attached hydrogens (primary N) is 1. The number of nitrogens with zero attached hydrogens (tertiary/aromatic N) is 2. The average Bonchev–Trinajstić information content (AvgIpc) is 3.18. The summed E-state index contributed by atoms with van der Waals surface area (Å²) < 4.78 is 12.7. The molecule has 0 bridgehead atoms. The van der Waals surface area contributed by atoms with Gasteiger partial charge in [-0.1, -0.05) is 42.5 Å². The Labute approximate surface area is 170 Å². The molecule has 0 aliphatic rings. The van der Waals surface area contributed by atoms with E-state index in [1.807, 2.05) is 47.2 Å². The molecule has 0 saturated carbocycles. The fourth-order valence-corrected chi connectivity index (χ4v) is 3.12. The lowest BCUT2D eigenvalue weighted by Gasteiger charge is -2.15. The number of carbonyl (C=O) groups is 1. The second-order valence-corrected chi connectivity index (χ2v) is 6.70. The maximum absolute atomic E-state index is 12.4. The van der Waals surface area contributed by atoms with Crippen molar-refractivity contribution in [2.45, 2.75) is 25.6 Å². The van der Waals surface area contributed by atoms with Crippen LogP contribution >= 0.6 is 0 Å². The van der Waals surface area contributed by atoms with Gasteiger partial charge in [-0.2, -0.15) is 0 Å². The minimum absolute atomic E-state index is 0.243. The molecule has 0 aliphatic heterocycles. The quantitative estimate of drug-likeness (QED) is 0.580. The van der Waals surface area contributed by atoms with Gasteiger partial charge in [0.15, 0.2) is 11.5 Å². The first-order chi connectivity index (χ1) is 14.1. The third kappa shape index (κ3) is 5.36. The van der Waals surface area contributed by atoms with Crippen LogP contribution in [-0.2, 0) is 24.3 Å². The molecule has 7 heteroatoms. The Kier molecular flexibility index (Phi) is 6.86. The molecule has 3 aromatic rings. The molecule has 1 heterocycles. The van der Waals surface area contributed by atoms with E-state index in [0.717, 1.165) is 17.8 Å². The van der Waals surface area contributed by atoms with E-state index in [1.165, 1.54) is 5.56 Å². The molecule has 3 rings (SSSR count). The van der Waals surface area contributed by atoms with Crippen LogP contribution in [0, 0.1) is 0 Å². The lowest BCUT2D eigenvalue weighted by molar-refractivity contribution is -0.122. The third-order valence-corrected chi connectivity index (χ3v) is 4.60. The van der Waals surface area contributed by atoms with Gasteiger partial charge in [0.05, 0.1) is 32.3 Å². The van der Waals surface area contributed by atoms with Crippen molar-refractivity contribution in [1.29, 1.82) is 0 Å². The molecule has 0 aliphatic carbocycles. The van der Waals surface area contributed by atoms with Crippen molar-refractivity contribution in [1.82, 2.24) is 14.9 Å². The highest BCUT2D eigenvalue weighted by atomic mass is 16.5. The molecule has 29 heavy (non-hydrogen) atoms. The Morgan fingerprint density at radius 3 is 2.66 bits per heavy atom. The Balaban J connectivity index is 1.55. The number of rotatable bonds is 9. The van der Waals surface area contributed by atoms with E-state index in [-0.39, 0.29) is 5.91 Å². The van der Waals surface area contributed by atoms with Crippen LogP contribution in [-0.4, -0.2) is 35.7 Å². The summed E-state index contributed by atoms with van der Waals surface area (Å²) in [5, 5.41) is 2.86. The second kappa shape index (κ2) is 9.75. The highest BCUT2D eigenvalue weighted by Gasteiger charge is 2.17. The van der Waals surface area contributed by atoms with Gasteiger partial charge in [0.2, 0.25) is 5.91 Å². The number of hydrogen-bond donors (Lipinski definition) is 2. The maximum atomic E-state index is 12.4. The molecule has 7 nitrogen and oxygen atoms in total. The zero-order valence-corrected chi connectivity index (χ0v) is 16.7. The molecule has 3 N–H and O–H groups in total. The average molecular weight is 394 g/mol. The number of carbonyl (C=O) groups excluding carboxylic acids is 1. The maximum Gasteiger partial charge on any atom is 0.237 e. The fraction of sp³-hybridized carbons (Fsp3) is 0.273. The Hall–Kier alpha value is -3.32. The van der Waals surface area contributed by atoms with E-state index >= 15 is 0 Å². The third-order valence-electron chi connectivity index (χ3n) is 4.60. The van der Waals surface area contributed by atoms with Crippen LogP contribution in [0.2, 0.25) is 0 Å². The first-order valence-corrected chi connectivity index (χ1v) is 9.38. The standard InChI is InChI=1S/C22H26N4O3/c1-28-20-10-6-9-17(21(20)29-2)12-24-22(27)19(23)11-18-14-26(15-25-18)13-16-7-4-3-5-8-16/h3-10,14-15,19H,11-13,23H2,1-2H3,(H,24,27)/t19-/m0/s1. The van der Waals surface area contributed by atoms with Crippen LogP contribution in [0.25, 0.3) is 0 Å². The smallest absolute Gasteiger partial charge is 0.237 e. The highest BCUT2D eigenvalue weighted by molar-refractivity contribution is 5.81. The molecule has 152 valence electrons. The predicted molar refractivity (Wildman–Crippen MR) is 111 cm³/mol. The van der Waals surface area contributed by atoms with Gasteiger partial charge in [0.25, 0.3) is 0 Å². The van der Waals surface area contributed by atoms with E-state index in [1.54, 1.807) is 20.5 Å². The molecular weight excluding hydrogens is 368 g/mol. The predicted octanol–water partition coefficient (Wildman–Crippen LogP) is 2.13. The van der Waals surface area contributed by atoms with Crippen LogP contribution in [0.5, 0.6) is 11.5 Å². The minimum Gasteiger partial charge on any atom is -0.493 e. The molecule has 0 spiro atoms. The number of nitrogens with one attached hydrogen (secondary N) is 1. The fourth-order valence-electron chi connectivity index (χ4n) is 3.12. The van der Waals surface area contributed by atoms with Crippen molar-refractivity contribution < 1.29 is 14.3 Å². The van der Waals surface area contributed by atoms with E-state index in [4.69, 9.17) is 15.2 Å². The van der Waals surface area contributed by atoms with Crippen LogP contribution in [0.15, 0.2) is 61.1 Å². The van der Waals surface area contributed by atoms with Crippen LogP contribution in [0.3, 0.4) is 0 Å². The minimum atomic E-state index is -0.688. The topological polar surface area (TPSA) is 91.4 Å². The molecule has 1 amide bonds. The monoisotopic (exact) mass is 394 g/mol. The highest BCUT2D eigenvalue weighted by Crippen LogP contribution is 2.30. The summed E-state index contributed by atoms with van der Waals surface area (Å²) in [7, 11) is 3.15. The van der Waals surface area contributed by atoms with Gasteiger partial charge >= 0.3 is 0 Å². The van der Waals surface area contributed by atoms with Crippen molar-refractivity contribution >= 4 is 5.91 Å². The van der Waals surface area contributed by atoms with Crippen LogP contribution < -0.4 is 20.5 Å². The van der Waals surface area contributed by atoms with Gasteiger partial charge in [0, 0.05) is 31.3 Å². The van der Waals surface area contributed by atoms with Crippen molar-refractivity contribution in [2.75, 3.05) is 14.2 Å². The summed E-state index contributed by atoms with van der Waals surface area (Å²) in [4.78, 5) is 16.8. The zero-order chi connectivity index (χ0) is 20.6. The number of amides is 1. The van der Waals surface area contributed by atoms with Crippen molar-refractivity contribution in [3.63, 3.8) is 0 Å². The molecule has 2 aromatic carbocycles. The van der Waals surface area contributed by atoms with E-state index in [2.05, 4.69) is 22.4 Å². The molecule has 1 aromatic heterocycles. The molecule has 0 fully saturated rings. The van der Waals surface area contributed by atoms with Crippen molar-refractivity contribution in [3.05, 3.63) is 77.9 Å². The van der Waals surface area contributed by atoms with E-state index in [9.17, 15) is 4.79 Å². The van der Waals surface area contributed by atoms with Gasteiger partial charge < -0.3 is 25.1 Å². The molecule has 1 atom stereocenters. The number of aromatic nitrogens is 2. The largest absolute Gasteiger partial charge is 0.493 e. The second-order valence-electron chi connectivity index (χ2n) is 6.70. The normalized spacial score (nSPS) is 11.7. The summed E-state index contributed by atoms with van der Waals surface area (Å²) in [5.41, 5.74) is 8.87. The Morgan fingerprint density at radius 1 is 1.14 bits per heavy atom. The van der Waals surface area contributed by atoms with Gasteiger partial charge in [-0.3, -0.25) is 4.79 Å². The SMILES string of the molecule is COc1cccc(CNC(=O)[C@@H](N)Cc2cn(Cc3ccccc3)cn2)c1OC. The molecule has 0 unspecified atom stereocenters. The van der Waals surface area contributed by atoms with Gasteiger partial charge in [-0.25, -0.2) is 4.98 Å². The van der Waals surface area contributed by atoms with E-state index < -0.39 is 6.04 Å². The lowest BCUT2D eigenvalue weighted by atomic mass is 10.1. The number of methoxy groups -OCH3 is 2. The van der Waals surface area contributed by atoms with Gasteiger partial charge in [-0.15, -0.1) is 0 Å². The summed E-state index contributed by atoms with van der Waals surface area (Å²) >= 11 is 0.